The molecule has 0 aromatic heterocycles. The Balaban J connectivity index is 1.78. The molecular formula is C31H27IO3. The van der Waals surface area contributed by atoms with Crippen LogP contribution in [0.1, 0.15) is 36.0 Å². The standard InChI is InChI=1S/C31H27IO3/c1-2-3-21(22-6-14-27(33)15-7-22)10-18-29(24-4-12-26(32)13-5-24)30-20-25(11-19-31(30)35)23-8-16-28(34)17-9-23/h2-17,19-20,29,33-35H,18H2,1H3/b3-2-,21-10+. The molecule has 35 heavy (non-hydrogen) atoms. The zero-order valence-electron chi connectivity index (χ0n) is 19.4. The monoisotopic (exact) mass is 574 g/mol. The highest BCUT2D eigenvalue weighted by Gasteiger charge is 2.18. The summed E-state index contributed by atoms with van der Waals surface area (Å²) in [5.74, 6) is 0.643. The maximum absolute atomic E-state index is 10.9. The van der Waals surface area contributed by atoms with Crippen molar-refractivity contribution in [2.45, 2.75) is 19.3 Å². The zero-order valence-corrected chi connectivity index (χ0v) is 21.6. The predicted octanol–water partition coefficient (Wildman–Crippen LogP) is 8.26. The Bertz CT molecular complexity index is 1340. The molecule has 0 saturated heterocycles. The third kappa shape index (κ3) is 6.14. The van der Waals surface area contributed by atoms with Crippen LogP contribution >= 0.6 is 22.6 Å². The third-order valence-corrected chi connectivity index (χ3v) is 6.72. The van der Waals surface area contributed by atoms with Gasteiger partial charge >= 0.3 is 0 Å². The molecule has 0 saturated carbocycles. The lowest BCUT2D eigenvalue weighted by molar-refractivity contribution is 0.465. The van der Waals surface area contributed by atoms with Gasteiger partial charge in [-0.25, -0.2) is 0 Å². The number of allylic oxidation sites excluding steroid dienone is 4. The lowest BCUT2D eigenvalue weighted by Gasteiger charge is -2.20. The summed E-state index contributed by atoms with van der Waals surface area (Å²) < 4.78 is 1.15. The molecule has 4 aromatic carbocycles. The summed E-state index contributed by atoms with van der Waals surface area (Å²) in [6.45, 7) is 1.98. The number of benzene rings is 4. The van der Waals surface area contributed by atoms with E-state index >= 15 is 0 Å². The molecule has 0 aliphatic rings. The summed E-state index contributed by atoms with van der Waals surface area (Å²) in [6.07, 6.45) is 6.92. The molecule has 3 N–H and O–H groups in total. The van der Waals surface area contributed by atoms with Crippen molar-refractivity contribution in [2.75, 3.05) is 0 Å². The first-order valence-corrected chi connectivity index (χ1v) is 12.5. The van der Waals surface area contributed by atoms with Crippen LogP contribution in [-0.2, 0) is 0 Å². The maximum atomic E-state index is 10.9. The van der Waals surface area contributed by atoms with Crippen molar-refractivity contribution >= 4 is 28.2 Å². The van der Waals surface area contributed by atoms with Crippen LogP contribution in [0.5, 0.6) is 17.2 Å². The lowest BCUT2D eigenvalue weighted by Crippen LogP contribution is -2.02. The van der Waals surface area contributed by atoms with Gasteiger partial charge in [0.05, 0.1) is 0 Å². The molecule has 0 spiro atoms. The molecule has 1 atom stereocenters. The normalized spacial score (nSPS) is 12.7. The van der Waals surface area contributed by atoms with Crippen molar-refractivity contribution in [3.05, 3.63) is 129 Å². The summed E-state index contributed by atoms with van der Waals surface area (Å²) >= 11 is 2.30. The fourth-order valence-corrected chi connectivity index (χ4v) is 4.52. The predicted molar refractivity (Wildman–Crippen MR) is 152 cm³/mol. The van der Waals surface area contributed by atoms with E-state index in [1.807, 2.05) is 49.4 Å². The number of phenolic OH excluding ortho intramolecular Hbond substituents is 3. The molecule has 0 aliphatic heterocycles. The minimum Gasteiger partial charge on any atom is -0.508 e. The van der Waals surface area contributed by atoms with E-state index in [1.54, 1.807) is 30.3 Å². The van der Waals surface area contributed by atoms with Gasteiger partial charge in [0.1, 0.15) is 17.2 Å². The van der Waals surface area contributed by atoms with E-state index in [0.717, 1.165) is 37.0 Å². The van der Waals surface area contributed by atoms with E-state index in [9.17, 15) is 15.3 Å². The van der Waals surface area contributed by atoms with Crippen LogP contribution in [0.15, 0.2) is 109 Å². The van der Waals surface area contributed by atoms with Gasteiger partial charge in [-0.1, -0.05) is 60.7 Å². The topological polar surface area (TPSA) is 60.7 Å². The van der Waals surface area contributed by atoms with Gasteiger partial charge in [0.2, 0.25) is 0 Å². The largest absolute Gasteiger partial charge is 0.508 e. The average Bonchev–Trinajstić information content (AvgIpc) is 2.86. The number of hydrogen-bond donors (Lipinski definition) is 3. The van der Waals surface area contributed by atoms with Gasteiger partial charge in [-0.2, -0.15) is 0 Å². The van der Waals surface area contributed by atoms with E-state index in [1.165, 1.54) is 0 Å². The average molecular weight is 574 g/mol. The molecule has 0 aliphatic carbocycles. The fourth-order valence-electron chi connectivity index (χ4n) is 4.17. The Labute approximate surface area is 219 Å². The van der Waals surface area contributed by atoms with Crippen LogP contribution in [0.2, 0.25) is 0 Å². The quantitative estimate of drug-likeness (QED) is 0.154. The molecule has 1 unspecified atom stereocenters. The number of aromatic hydroxyl groups is 3. The van der Waals surface area contributed by atoms with Crippen molar-refractivity contribution in [3.63, 3.8) is 0 Å². The number of phenols is 3. The van der Waals surface area contributed by atoms with Crippen molar-refractivity contribution in [2.24, 2.45) is 0 Å². The van der Waals surface area contributed by atoms with Crippen LogP contribution < -0.4 is 0 Å². The van der Waals surface area contributed by atoms with Gasteiger partial charge in [-0.05, 0) is 112 Å². The van der Waals surface area contributed by atoms with Gasteiger partial charge < -0.3 is 15.3 Å². The second kappa shape index (κ2) is 11.3. The Morgan fingerprint density at radius 2 is 1.37 bits per heavy atom. The van der Waals surface area contributed by atoms with Crippen molar-refractivity contribution < 1.29 is 15.3 Å². The highest BCUT2D eigenvalue weighted by molar-refractivity contribution is 14.1. The first-order chi connectivity index (χ1) is 16.9. The smallest absolute Gasteiger partial charge is 0.119 e. The lowest BCUT2D eigenvalue weighted by atomic mass is 9.85. The summed E-state index contributed by atoms with van der Waals surface area (Å²) in [6, 6.07) is 28.4. The number of rotatable bonds is 7. The molecule has 4 aromatic rings. The zero-order chi connectivity index (χ0) is 24.8. The van der Waals surface area contributed by atoms with Gasteiger partial charge in [-0.3, -0.25) is 0 Å². The second-order valence-electron chi connectivity index (χ2n) is 8.37. The van der Waals surface area contributed by atoms with Crippen molar-refractivity contribution in [1.29, 1.82) is 0 Å². The first-order valence-electron chi connectivity index (χ1n) is 11.4. The Kier molecular flexibility index (Phi) is 7.93. The van der Waals surface area contributed by atoms with Crippen LogP contribution in [0.25, 0.3) is 16.7 Å². The van der Waals surface area contributed by atoms with Gasteiger partial charge in [0.25, 0.3) is 0 Å². The second-order valence-corrected chi connectivity index (χ2v) is 9.61. The van der Waals surface area contributed by atoms with Crippen LogP contribution in [0.3, 0.4) is 0 Å². The van der Waals surface area contributed by atoms with Crippen LogP contribution in [-0.4, -0.2) is 15.3 Å². The molecule has 0 fully saturated rings. The molecule has 0 bridgehead atoms. The number of halogens is 1. The molecule has 3 nitrogen and oxygen atoms in total. The summed E-state index contributed by atoms with van der Waals surface area (Å²) in [7, 11) is 0. The van der Waals surface area contributed by atoms with E-state index in [4.69, 9.17) is 0 Å². The van der Waals surface area contributed by atoms with Crippen molar-refractivity contribution in [3.8, 4) is 28.4 Å². The summed E-state index contributed by atoms with van der Waals surface area (Å²) in [4.78, 5) is 0. The van der Waals surface area contributed by atoms with E-state index < -0.39 is 0 Å². The number of hydrogen-bond acceptors (Lipinski definition) is 3. The minimum atomic E-state index is -0.0681. The third-order valence-electron chi connectivity index (χ3n) is 6.00. The summed E-state index contributed by atoms with van der Waals surface area (Å²) in [5, 5.41) is 30.3. The Morgan fingerprint density at radius 1 is 0.771 bits per heavy atom. The van der Waals surface area contributed by atoms with Gasteiger partial charge in [0.15, 0.2) is 0 Å². The van der Waals surface area contributed by atoms with Crippen LogP contribution in [0.4, 0.5) is 0 Å². The molecular weight excluding hydrogens is 547 g/mol. The first kappa shape index (κ1) is 24.6. The highest BCUT2D eigenvalue weighted by Crippen LogP contribution is 2.38. The van der Waals surface area contributed by atoms with E-state index in [2.05, 4.69) is 59.0 Å². The Hall–Kier alpha value is -3.51. The van der Waals surface area contributed by atoms with Gasteiger partial charge in [0, 0.05) is 15.1 Å². The molecule has 4 rings (SSSR count). The van der Waals surface area contributed by atoms with Crippen molar-refractivity contribution in [1.82, 2.24) is 0 Å². The van der Waals surface area contributed by atoms with Crippen LogP contribution in [0, 0.1) is 3.57 Å². The van der Waals surface area contributed by atoms with Gasteiger partial charge in [-0.15, -0.1) is 0 Å². The Morgan fingerprint density at radius 3 is 2.00 bits per heavy atom. The fraction of sp³-hybridized carbons (Fsp3) is 0.0968. The molecule has 0 amide bonds. The SMILES string of the molecule is C/C=C\C(=C/CC(c1ccc(I)cc1)c1cc(-c2ccc(O)cc2)ccc1O)c1ccc(O)cc1. The maximum Gasteiger partial charge on any atom is 0.119 e. The molecule has 4 heteroatoms. The highest BCUT2D eigenvalue weighted by atomic mass is 127. The van der Waals surface area contributed by atoms with E-state index in [-0.39, 0.29) is 23.2 Å². The molecule has 176 valence electrons. The molecule has 0 radical (unpaired) electrons. The minimum absolute atomic E-state index is 0.0681. The van der Waals surface area contributed by atoms with E-state index in [0.29, 0.717) is 6.42 Å². The molecule has 0 heterocycles. The summed E-state index contributed by atoms with van der Waals surface area (Å²) in [5.41, 5.74) is 5.98.